The molecule has 150 valence electrons. The summed E-state index contributed by atoms with van der Waals surface area (Å²) in [6.45, 7) is 3.71. The van der Waals surface area contributed by atoms with Crippen LogP contribution in [0.3, 0.4) is 0 Å². The minimum Gasteiger partial charge on any atom is -0.339 e. The van der Waals surface area contributed by atoms with Gasteiger partial charge >= 0.3 is 0 Å². The van der Waals surface area contributed by atoms with Crippen molar-refractivity contribution in [2.75, 3.05) is 18.0 Å². The molecule has 2 aliphatic heterocycles. The van der Waals surface area contributed by atoms with Gasteiger partial charge < -0.3 is 4.90 Å². The number of hydrogen-bond acceptors (Lipinski definition) is 5. The van der Waals surface area contributed by atoms with Gasteiger partial charge in [0.1, 0.15) is 0 Å². The van der Waals surface area contributed by atoms with Gasteiger partial charge in [0, 0.05) is 18.7 Å². The number of imide groups is 1. The molecule has 3 aromatic rings. The molecule has 0 atom stereocenters. The van der Waals surface area contributed by atoms with Gasteiger partial charge in [0.2, 0.25) is 0 Å². The van der Waals surface area contributed by atoms with E-state index in [-0.39, 0.29) is 17.3 Å². The van der Waals surface area contributed by atoms with E-state index >= 15 is 0 Å². The number of carbonyl (C=O) groups excluding carboxylic acids is 3. The third-order valence-electron chi connectivity index (χ3n) is 5.83. The molecule has 0 spiro atoms. The van der Waals surface area contributed by atoms with Crippen LogP contribution in [0.15, 0.2) is 48.5 Å². The van der Waals surface area contributed by atoms with Gasteiger partial charge in [0.05, 0.1) is 16.7 Å². The molecular formula is C23H20N4O3. The standard InChI is InChI=1S/C23H20N4O3/c1-14-10-12-26(13-11-14)21(28)15-6-8-16(9-7-15)27-22(29)19-20(23(27)30)25-18-5-3-2-4-17(18)24-19/h2-9,14H,10-13H2,1H3. The second kappa shape index (κ2) is 7.02. The van der Waals surface area contributed by atoms with Crippen LogP contribution in [0.5, 0.6) is 0 Å². The van der Waals surface area contributed by atoms with E-state index in [1.807, 2.05) is 4.90 Å². The van der Waals surface area contributed by atoms with Crippen LogP contribution in [0.2, 0.25) is 0 Å². The molecule has 3 heterocycles. The molecule has 2 aliphatic rings. The van der Waals surface area contributed by atoms with Crippen LogP contribution < -0.4 is 4.90 Å². The lowest BCUT2D eigenvalue weighted by atomic mass is 9.98. The Bertz CT molecular complexity index is 1130. The topological polar surface area (TPSA) is 83.5 Å². The van der Waals surface area contributed by atoms with Crippen LogP contribution in [0.25, 0.3) is 11.0 Å². The fourth-order valence-corrected chi connectivity index (χ4v) is 3.98. The average Bonchev–Trinajstić information content (AvgIpc) is 3.02. The first-order valence-electron chi connectivity index (χ1n) is 10.1. The Kier molecular flexibility index (Phi) is 4.31. The first-order valence-corrected chi connectivity index (χ1v) is 10.1. The number of para-hydroxylation sites is 2. The highest BCUT2D eigenvalue weighted by Gasteiger charge is 2.40. The van der Waals surface area contributed by atoms with E-state index in [0.29, 0.717) is 28.2 Å². The number of nitrogens with zero attached hydrogens (tertiary/aromatic N) is 4. The van der Waals surface area contributed by atoms with Gasteiger partial charge in [-0.25, -0.2) is 14.9 Å². The van der Waals surface area contributed by atoms with Gasteiger partial charge in [-0.1, -0.05) is 19.1 Å². The molecule has 1 saturated heterocycles. The minimum absolute atomic E-state index is 0.0228. The van der Waals surface area contributed by atoms with Crippen molar-refractivity contribution in [1.29, 1.82) is 0 Å². The maximum Gasteiger partial charge on any atom is 0.286 e. The number of anilines is 1. The zero-order valence-electron chi connectivity index (χ0n) is 16.5. The molecule has 7 nitrogen and oxygen atoms in total. The molecule has 0 unspecified atom stereocenters. The SMILES string of the molecule is CC1CCN(C(=O)c2ccc(N3C(=O)c4nc5ccccc5nc4C3=O)cc2)CC1. The van der Waals surface area contributed by atoms with E-state index in [4.69, 9.17) is 0 Å². The van der Waals surface area contributed by atoms with Crippen LogP contribution in [0.4, 0.5) is 5.69 Å². The number of likely N-dealkylation sites (tertiary alicyclic amines) is 1. The summed E-state index contributed by atoms with van der Waals surface area (Å²) in [4.78, 5) is 50.1. The number of hydrogen-bond donors (Lipinski definition) is 0. The zero-order valence-corrected chi connectivity index (χ0v) is 16.5. The summed E-state index contributed by atoms with van der Waals surface area (Å²) in [5, 5.41) is 0. The molecule has 0 radical (unpaired) electrons. The van der Waals surface area contributed by atoms with Crippen LogP contribution in [-0.4, -0.2) is 45.7 Å². The maximum absolute atomic E-state index is 12.9. The molecule has 5 rings (SSSR count). The number of rotatable bonds is 2. The van der Waals surface area contributed by atoms with Crippen molar-refractivity contribution < 1.29 is 14.4 Å². The number of piperidine rings is 1. The van der Waals surface area contributed by atoms with Gasteiger partial charge in [-0.3, -0.25) is 14.4 Å². The first kappa shape index (κ1) is 18.4. The maximum atomic E-state index is 12.9. The van der Waals surface area contributed by atoms with E-state index in [9.17, 15) is 14.4 Å². The summed E-state index contributed by atoms with van der Waals surface area (Å²) in [6.07, 6.45) is 2.01. The van der Waals surface area contributed by atoms with Crippen molar-refractivity contribution in [1.82, 2.24) is 14.9 Å². The Morgan fingerprint density at radius 2 is 1.40 bits per heavy atom. The molecule has 1 fully saturated rings. The molecule has 0 N–H and O–H groups in total. The van der Waals surface area contributed by atoms with Gasteiger partial charge in [0.15, 0.2) is 11.4 Å². The van der Waals surface area contributed by atoms with Gasteiger partial charge in [-0.15, -0.1) is 0 Å². The Morgan fingerprint density at radius 3 is 1.93 bits per heavy atom. The summed E-state index contributed by atoms with van der Waals surface area (Å²) >= 11 is 0. The highest BCUT2D eigenvalue weighted by Crippen LogP contribution is 2.28. The van der Waals surface area contributed by atoms with Gasteiger partial charge in [-0.05, 0) is 55.2 Å². The van der Waals surface area contributed by atoms with E-state index in [2.05, 4.69) is 16.9 Å². The summed E-state index contributed by atoms with van der Waals surface area (Å²) in [5.41, 5.74) is 2.19. The van der Waals surface area contributed by atoms with Crippen molar-refractivity contribution in [2.45, 2.75) is 19.8 Å². The van der Waals surface area contributed by atoms with Crippen molar-refractivity contribution in [3.63, 3.8) is 0 Å². The van der Waals surface area contributed by atoms with E-state index < -0.39 is 11.8 Å². The Balaban J connectivity index is 1.41. The molecule has 2 aromatic carbocycles. The minimum atomic E-state index is -0.502. The lowest BCUT2D eigenvalue weighted by Gasteiger charge is -2.30. The Hall–Kier alpha value is -3.61. The second-order valence-electron chi connectivity index (χ2n) is 7.88. The van der Waals surface area contributed by atoms with E-state index in [1.165, 1.54) is 0 Å². The predicted molar refractivity (Wildman–Crippen MR) is 111 cm³/mol. The van der Waals surface area contributed by atoms with Crippen LogP contribution in [-0.2, 0) is 0 Å². The predicted octanol–water partition coefficient (Wildman–Crippen LogP) is 3.30. The number of benzene rings is 2. The lowest BCUT2D eigenvalue weighted by molar-refractivity contribution is 0.0697. The Morgan fingerprint density at radius 1 is 0.867 bits per heavy atom. The van der Waals surface area contributed by atoms with Crippen LogP contribution in [0.1, 0.15) is 51.1 Å². The van der Waals surface area contributed by atoms with Crippen molar-refractivity contribution >= 4 is 34.4 Å². The normalized spacial score (nSPS) is 17.0. The summed E-state index contributed by atoms with van der Waals surface area (Å²) in [7, 11) is 0. The number of carbonyl (C=O) groups is 3. The van der Waals surface area contributed by atoms with Gasteiger partial charge in [0.25, 0.3) is 17.7 Å². The van der Waals surface area contributed by atoms with Crippen LogP contribution in [0, 0.1) is 5.92 Å². The number of amides is 3. The molecule has 7 heteroatoms. The van der Waals surface area contributed by atoms with Gasteiger partial charge in [-0.2, -0.15) is 0 Å². The molecule has 0 bridgehead atoms. The highest BCUT2D eigenvalue weighted by molar-refractivity contribution is 6.33. The van der Waals surface area contributed by atoms with Crippen LogP contribution >= 0.6 is 0 Å². The molecule has 0 saturated carbocycles. The summed E-state index contributed by atoms with van der Waals surface area (Å²) in [5.74, 6) is -0.385. The number of fused-ring (bicyclic) bond motifs is 2. The third kappa shape index (κ3) is 2.94. The van der Waals surface area contributed by atoms with E-state index in [1.54, 1.807) is 48.5 Å². The molecule has 0 aliphatic carbocycles. The Labute approximate surface area is 173 Å². The number of aromatic nitrogens is 2. The first-order chi connectivity index (χ1) is 14.5. The zero-order chi connectivity index (χ0) is 20.8. The molecule has 3 amide bonds. The average molecular weight is 400 g/mol. The second-order valence-corrected chi connectivity index (χ2v) is 7.88. The monoisotopic (exact) mass is 400 g/mol. The smallest absolute Gasteiger partial charge is 0.286 e. The van der Waals surface area contributed by atoms with Crippen molar-refractivity contribution in [2.24, 2.45) is 5.92 Å². The quantitative estimate of drug-likeness (QED) is 0.617. The lowest BCUT2D eigenvalue weighted by Crippen LogP contribution is -2.37. The highest BCUT2D eigenvalue weighted by atomic mass is 16.2. The summed E-state index contributed by atoms with van der Waals surface area (Å²) in [6, 6.07) is 13.7. The van der Waals surface area contributed by atoms with E-state index in [0.717, 1.165) is 30.8 Å². The molecule has 1 aromatic heterocycles. The molecule has 30 heavy (non-hydrogen) atoms. The van der Waals surface area contributed by atoms with Crippen molar-refractivity contribution in [3.8, 4) is 0 Å². The largest absolute Gasteiger partial charge is 0.339 e. The summed E-state index contributed by atoms with van der Waals surface area (Å²) < 4.78 is 0. The fourth-order valence-electron chi connectivity index (χ4n) is 3.98. The molecular weight excluding hydrogens is 380 g/mol. The van der Waals surface area contributed by atoms with Crippen molar-refractivity contribution in [3.05, 3.63) is 65.5 Å². The third-order valence-corrected chi connectivity index (χ3v) is 5.83. The fraction of sp³-hybridized carbons (Fsp3) is 0.261.